The zero-order valence-electron chi connectivity index (χ0n) is 16.0. The van der Waals surface area contributed by atoms with E-state index >= 15 is 0 Å². The largest absolute Gasteiger partial charge is 0.377 e. The van der Waals surface area contributed by atoms with Crippen molar-refractivity contribution in [1.29, 1.82) is 0 Å². The van der Waals surface area contributed by atoms with Gasteiger partial charge in [0.15, 0.2) is 0 Å². The number of nitrogens with zero attached hydrogens (tertiary/aromatic N) is 1. The van der Waals surface area contributed by atoms with E-state index in [0.29, 0.717) is 13.2 Å². The number of nitrogens with one attached hydrogen (secondary N) is 2. The summed E-state index contributed by atoms with van der Waals surface area (Å²) in [6.45, 7) is 5.98. The van der Waals surface area contributed by atoms with Crippen LogP contribution in [0.15, 0.2) is 48.5 Å². The van der Waals surface area contributed by atoms with Gasteiger partial charge in [-0.2, -0.15) is 0 Å². The number of urea groups is 1. The summed E-state index contributed by atoms with van der Waals surface area (Å²) in [7, 11) is 0. The molecule has 27 heavy (non-hydrogen) atoms. The van der Waals surface area contributed by atoms with Crippen LogP contribution in [0.3, 0.4) is 0 Å². The van der Waals surface area contributed by atoms with Gasteiger partial charge in [-0.1, -0.05) is 43.3 Å². The maximum Gasteiger partial charge on any atom is 0.319 e. The van der Waals surface area contributed by atoms with Gasteiger partial charge in [-0.3, -0.25) is 0 Å². The van der Waals surface area contributed by atoms with Crippen LogP contribution >= 0.6 is 0 Å². The lowest BCUT2D eigenvalue weighted by Gasteiger charge is -2.21. The fourth-order valence-electron chi connectivity index (χ4n) is 3.35. The number of ether oxygens (including phenoxy) is 1. The average molecular weight is 367 g/mol. The topological polar surface area (TPSA) is 53.6 Å². The van der Waals surface area contributed by atoms with Gasteiger partial charge < -0.3 is 20.3 Å². The first-order valence-corrected chi connectivity index (χ1v) is 9.81. The van der Waals surface area contributed by atoms with E-state index < -0.39 is 0 Å². The number of carbonyl (C=O) groups is 1. The zero-order chi connectivity index (χ0) is 18.9. The number of hydrogen-bond donors (Lipinski definition) is 2. The first-order chi connectivity index (χ1) is 13.3. The van der Waals surface area contributed by atoms with Gasteiger partial charge in [-0.15, -0.1) is 0 Å². The molecule has 0 spiro atoms. The first kappa shape index (κ1) is 19.2. The standard InChI is InChI=1S/C22H29N3O2/c1-2-15-27-17-19-10-4-3-9-18(19)16-23-22(26)24-20-11-5-6-12-21(20)25-13-7-8-14-25/h3-6,9-12H,2,7-8,13-17H2,1H3,(H2,23,24,26). The normalized spacial score (nSPS) is 13.6. The highest BCUT2D eigenvalue weighted by molar-refractivity contribution is 5.93. The Balaban J connectivity index is 1.58. The summed E-state index contributed by atoms with van der Waals surface area (Å²) in [6.07, 6.45) is 3.41. The van der Waals surface area contributed by atoms with Gasteiger partial charge in [0.1, 0.15) is 0 Å². The quantitative estimate of drug-likeness (QED) is 0.674. The third kappa shape index (κ3) is 5.47. The molecular formula is C22H29N3O2. The van der Waals surface area contributed by atoms with Crippen LogP contribution in [-0.4, -0.2) is 25.7 Å². The summed E-state index contributed by atoms with van der Waals surface area (Å²) in [4.78, 5) is 14.8. The fourth-order valence-corrected chi connectivity index (χ4v) is 3.35. The number of hydrogen-bond acceptors (Lipinski definition) is 3. The maximum absolute atomic E-state index is 12.5. The highest BCUT2D eigenvalue weighted by Crippen LogP contribution is 2.28. The molecule has 5 heteroatoms. The van der Waals surface area contributed by atoms with E-state index in [9.17, 15) is 4.79 Å². The predicted molar refractivity (Wildman–Crippen MR) is 110 cm³/mol. The smallest absolute Gasteiger partial charge is 0.319 e. The maximum atomic E-state index is 12.5. The monoisotopic (exact) mass is 367 g/mol. The van der Waals surface area contributed by atoms with Crippen LogP contribution < -0.4 is 15.5 Å². The molecule has 0 unspecified atom stereocenters. The molecule has 0 aromatic heterocycles. The first-order valence-electron chi connectivity index (χ1n) is 9.81. The van der Waals surface area contributed by atoms with Gasteiger partial charge in [-0.05, 0) is 42.5 Å². The Hall–Kier alpha value is -2.53. The van der Waals surface area contributed by atoms with Gasteiger partial charge in [0.2, 0.25) is 0 Å². The van der Waals surface area contributed by atoms with Crippen molar-refractivity contribution < 1.29 is 9.53 Å². The van der Waals surface area contributed by atoms with Gasteiger partial charge in [0.25, 0.3) is 0 Å². The van der Waals surface area contributed by atoms with Crippen molar-refractivity contribution >= 4 is 17.4 Å². The van der Waals surface area contributed by atoms with Crippen LogP contribution in [0.5, 0.6) is 0 Å². The van der Waals surface area contributed by atoms with E-state index in [2.05, 4.69) is 28.5 Å². The summed E-state index contributed by atoms with van der Waals surface area (Å²) in [6, 6.07) is 15.9. The molecule has 2 N–H and O–H groups in total. The number of carbonyl (C=O) groups excluding carboxylic acids is 1. The van der Waals surface area contributed by atoms with E-state index in [-0.39, 0.29) is 6.03 Å². The molecule has 0 bridgehead atoms. The van der Waals surface area contributed by atoms with Gasteiger partial charge in [0, 0.05) is 26.2 Å². The molecule has 1 fully saturated rings. The summed E-state index contributed by atoms with van der Waals surface area (Å²) >= 11 is 0. The summed E-state index contributed by atoms with van der Waals surface area (Å²) < 4.78 is 5.65. The fraction of sp³-hybridized carbons (Fsp3) is 0.409. The van der Waals surface area contributed by atoms with Crippen molar-refractivity contribution in [3.05, 3.63) is 59.7 Å². The average Bonchev–Trinajstić information content (AvgIpc) is 3.22. The Morgan fingerprint density at radius 3 is 2.52 bits per heavy atom. The van der Waals surface area contributed by atoms with Crippen molar-refractivity contribution in [2.75, 3.05) is 29.9 Å². The Bertz CT molecular complexity index is 742. The Morgan fingerprint density at radius 2 is 1.74 bits per heavy atom. The molecular weight excluding hydrogens is 338 g/mol. The minimum atomic E-state index is -0.189. The van der Waals surface area contributed by atoms with E-state index in [0.717, 1.165) is 48.6 Å². The van der Waals surface area contributed by atoms with Gasteiger partial charge in [-0.25, -0.2) is 4.79 Å². The zero-order valence-corrected chi connectivity index (χ0v) is 16.0. The Labute approximate surface area is 161 Å². The van der Waals surface area contributed by atoms with Crippen molar-refractivity contribution in [3.63, 3.8) is 0 Å². The molecule has 0 radical (unpaired) electrons. The van der Waals surface area contributed by atoms with Crippen LogP contribution in [0.1, 0.15) is 37.3 Å². The molecule has 1 saturated heterocycles. The van der Waals surface area contributed by atoms with Crippen molar-refractivity contribution in [2.45, 2.75) is 39.3 Å². The minimum absolute atomic E-state index is 0.189. The third-order valence-electron chi connectivity index (χ3n) is 4.76. The highest BCUT2D eigenvalue weighted by atomic mass is 16.5. The molecule has 3 rings (SSSR count). The number of rotatable bonds is 8. The Morgan fingerprint density at radius 1 is 1.04 bits per heavy atom. The van der Waals surface area contributed by atoms with Crippen molar-refractivity contribution in [3.8, 4) is 0 Å². The van der Waals surface area contributed by atoms with E-state index in [1.165, 1.54) is 12.8 Å². The lowest BCUT2D eigenvalue weighted by molar-refractivity contribution is 0.121. The molecule has 5 nitrogen and oxygen atoms in total. The van der Waals surface area contributed by atoms with E-state index in [1.807, 2.05) is 42.5 Å². The number of para-hydroxylation sites is 2. The summed E-state index contributed by atoms with van der Waals surface area (Å²) in [5, 5.41) is 5.98. The van der Waals surface area contributed by atoms with Crippen molar-refractivity contribution in [2.24, 2.45) is 0 Å². The van der Waals surface area contributed by atoms with Crippen LogP contribution in [0, 0.1) is 0 Å². The van der Waals surface area contributed by atoms with Crippen LogP contribution in [0.4, 0.5) is 16.2 Å². The second-order valence-corrected chi connectivity index (χ2v) is 6.84. The molecule has 1 aliphatic heterocycles. The number of amides is 2. The molecule has 1 heterocycles. The van der Waals surface area contributed by atoms with Gasteiger partial charge in [0.05, 0.1) is 18.0 Å². The molecule has 2 aromatic rings. The van der Waals surface area contributed by atoms with E-state index in [4.69, 9.17) is 4.74 Å². The molecule has 144 valence electrons. The van der Waals surface area contributed by atoms with E-state index in [1.54, 1.807) is 0 Å². The molecule has 0 atom stereocenters. The summed E-state index contributed by atoms with van der Waals surface area (Å²) in [5.74, 6) is 0. The SMILES string of the molecule is CCCOCc1ccccc1CNC(=O)Nc1ccccc1N1CCCC1. The lowest BCUT2D eigenvalue weighted by atomic mass is 10.1. The van der Waals surface area contributed by atoms with Crippen LogP contribution in [-0.2, 0) is 17.9 Å². The molecule has 2 aromatic carbocycles. The third-order valence-corrected chi connectivity index (χ3v) is 4.76. The number of anilines is 2. The summed E-state index contributed by atoms with van der Waals surface area (Å²) in [5.41, 5.74) is 4.15. The second kappa shape index (κ2) is 9.97. The lowest BCUT2D eigenvalue weighted by Crippen LogP contribution is -2.29. The van der Waals surface area contributed by atoms with Crippen LogP contribution in [0.2, 0.25) is 0 Å². The molecule has 0 saturated carbocycles. The van der Waals surface area contributed by atoms with Crippen LogP contribution in [0.25, 0.3) is 0 Å². The number of benzene rings is 2. The van der Waals surface area contributed by atoms with Crippen molar-refractivity contribution in [1.82, 2.24) is 5.32 Å². The second-order valence-electron chi connectivity index (χ2n) is 6.84. The molecule has 2 amide bonds. The molecule has 1 aliphatic rings. The molecule has 0 aliphatic carbocycles. The Kier molecular flexibility index (Phi) is 7.11. The predicted octanol–water partition coefficient (Wildman–Crippen LogP) is 4.54. The highest BCUT2D eigenvalue weighted by Gasteiger charge is 2.16. The minimum Gasteiger partial charge on any atom is -0.377 e. The van der Waals surface area contributed by atoms with Gasteiger partial charge >= 0.3 is 6.03 Å².